The normalized spacial score (nSPS) is 9.78. The van der Waals surface area contributed by atoms with Crippen LogP contribution < -0.4 is 5.32 Å². The maximum atomic E-state index is 10.9. The summed E-state index contributed by atoms with van der Waals surface area (Å²) >= 11 is 1.46. The molecule has 0 unspecified atom stereocenters. The number of carbonyl (C=O) groups is 1. The molecule has 0 saturated carbocycles. The summed E-state index contributed by atoms with van der Waals surface area (Å²) < 4.78 is 0. The molecule has 1 heterocycles. The Labute approximate surface area is 109 Å². The number of carbonyl (C=O) groups excluding carboxylic acids is 1. The van der Waals surface area contributed by atoms with Crippen molar-refractivity contribution >= 4 is 22.4 Å². The van der Waals surface area contributed by atoms with E-state index in [1.54, 1.807) is 18.3 Å². The van der Waals surface area contributed by atoms with Crippen LogP contribution in [0.3, 0.4) is 0 Å². The first-order valence-corrected chi connectivity index (χ1v) is 6.20. The maximum Gasteiger partial charge on any atom is 0.223 e. The number of benzene rings is 1. The van der Waals surface area contributed by atoms with Gasteiger partial charge < -0.3 is 5.32 Å². The first-order valence-electron chi connectivity index (χ1n) is 5.38. The van der Waals surface area contributed by atoms with E-state index in [1.807, 2.05) is 12.1 Å². The van der Waals surface area contributed by atoms with Crippen LogP contribution in [0.1, 0.15) is 22.9 Å². The molecule has 1 aromatic carbocycles. The lowest BCUT2D eigenvalue weighted by Gasteiger charge is -1.98. The standard InChI is InChI=1S/C13H11N3OS/c1-9(17)16-13-15-8-12(18-13)6-10-2-4-11(7-14)5-3-10/h2-5,8H,6H2,1H3,(H,15,16,17). The molecule has 2 rings (SSSR count). The van der Waals surface area contributed by atoms with Gasteiger partial charge in [-0.15, -0.1) is 11.3 Å². The third kappa shape index (κ3) is 3.15. The number of thiazole rings is 1. The highest BCUT2D eigenvalue weighted by Crippen LogP contribution is 2.21. The fourth-order valence-electron chi connectivity index (χ4n) is 1.50. The van der Waals surface area contributed by atoms with E-state index >= 15 is 0 Å². The highest BCUT2D eigenvalue weighted by atomic mass is 32.1. The summed E-state index contributed by atoms with van der Waals surface area (Å²) in [5.74, 6) is -0.116. The van der Waals surface area contributed by atoms with Crippen LogP contribution in [-0.4, -0.2) is 10.9 Å². The van der Waals surface area contributed by atoms with Crippen molar-refractivity contribution < 1.29 is 4.79 Å². The number of nitriles is 1. The Bertz CT molecular complexity index is 595. The summed E-state index contributed by atoms with van der Waals surface area (Å²) in [6, 6.07) is 9.53. The molecule has 18 heavy (non-hydrogen) atoms. The Hall–Kier alpha value is -2.19. The van der Waals surface area contributed by atoms with Crippen molar-refractivity contribution in [1.29, 1.82) is 5.26 Å². The van der Waals surface area contributed by atoms with Gasteiger partial charge in [0.1, 0.15) is 0 Å². The quantitative estimate of drug-likeness (QED) is 0.919. The summed E-state index contributed by atoms with van der Waals surface area (Å²) in [7, 11) is 0. The number of rotatable bonds is 3. The Balaban J connectivity index is 2.06. The Morgan fingerprint density at radius 1 is 1.44 bits per heavy atom. The van der Waals surface area contributed by atoms with Crippen LogP contribution in [0.25, 0.3) is 0 Å². The van der Waals surface area contributed by atoms with E-state index in [2.05, 4.69) is 16.4 Å². The van der Waals surface area contributed by atoms with E-state index in [4.69, 9.17) is 5.26 Å². The number of hydrogen-bond donors (Lipinski definition) is 1. The van der Waals surface area contributed by atoms with Crippen molar-refractivity contribution in [1.82, 2.24) is 4.98 Å². The van der Waals surface area contributed by atoms with Crippen molar-refractivity contribution in [3.05, 3.63) is 46.5 Å². The van der Waals surface area contributed by atoms with Gasteiger partial charge in [-0.05, 0) is 17.7 Å². The van der Waals surface area contributed by atoms with Crippen LogP contribution >= 0.6 is 11.3 Å². The average molecular weight is 257 g/mol. The molecule has 0 saturated heterocycles. The fraction of sp³-hybridized carbons (Fsp3) is 0.154. The van der Waals surface area contributed by atoms with E-state index in [0.717, 1.165) is 16.9 Å². The molecule has 0 aliphatic rings. The highest BCUT2D eigenvalue weighted by Gasteiger charge is 2.04. The molecule has 0 aliphatic heterocycles. The van der Waals surface area contributed by atoms with Gasteiger partial charge in [-0.3, -0.25) is 4.79 Å². The zero-order chi connectivity index (χ0) is 13.0. The summed E-state index contributed by atoms with van der Waals surface area (Å²) in [5.41, 5.74) is 1.77. The third-order valence-corrected chi connectivity index (χ3v) is 3.21. The smallest absolute Gasteiger partial charge is 0.223 e. The van der Waals surface area contributed by atoms with Crippen LogP contribution in [0.15, 0.2) is 30.5 Å². The summed E-state index contributed by atoms with van der Waals surface area (Å²) in [5, 5.41) is 12.0. The maximum absolute atomic E-state index is 10.9. The molecular formula is C13H11N3OS. The molecule has 90 valence electrons. The Morgan fingerprint density at radius 3 is 2.78 bits per heavy atom. The van der Waals surface area contributed by atoms with Gasteiger partial charge in [-0.1, -0.05) is 12.1 Å². The number of nitrogens with one attached hydrogen (secondary N) is 1. The Kier molecular flexibility index (Phi) is 3.70. The minimum atomic E-state index is -0.116. The van der Waals surface area contributed by atoms with Crippen molar-refractivity contribution in [2.45, 2.75) is 13.3 Å². The number of anilines is 1. The number of aromatic nitrogens is 1. The Morgan fingerprint density at radius 2 is 2.17 bits per heavy atom. The minimum absolute atomic E-state index is 0.116. The molecule has 0 atom stereocenters. The van der Waals surface area contributed by atoms with Gasteiger partial charge in [0.25, 0.3) is 0 Å². The molecule has 2 aromatic rings. The molecule has 1 aromatic heterocycles. The molecule has 0 radical (unpaired) electrons. The molecule has 0 bridgehead atoms. The fourth-order valence-corrected chi connectivity index (χ4v) is 2.39. The topological polar surface area (TPSA) is 65.8 Å². The molecule has 0 spiro atoms. The van der Waals surface area contributed by atoms with E-state index in [1.165, 1.54) is 18.3 Å². The number of amides is 1. The lowest BCUT2D eigenvalue weighted by molar-refractivity contribution is -0.114. The summed E-state index contributed by atoms with van der Waals surface area (Å²) in [4.78, 5) is 16.1. The molecule has 1 amide bonds. The van der Waals surface area contributed by atoms with E-state index in [0.29, 0.717) is 10.7 Å². The summed E-state index contributed by atoms with van der Waals surface area (Å²) in [6.45, 7) is 1.46. The second-order valence-corrected chi connectivity index (χ2v) is 4.91. The number of nitrogens with zero attached hydrogens (tertiary/aromatic N) is 2. The average Bonchev–Trinajstić information content (AvgIpc) is 2.76. The SMILES string of the molecule is CC(=O)Nc1ncc(Cc2ccc(C#N)cc2)s1. The molecular weight excluding hydrogens is 246 g/mol. The van der Waals surface area contributed by atoms with Gasteiger partial charge in [0.05, 0.1) is 11.6 Å². The van der Waals surface area contributed by atoms with Crippen molar-refractivity contribution in [2.24, 2.45) is 0 Å². The van der Waals surface area contributed by atoms with Gasteiger partial charge in [-0.25, -0.2) is 4.98 Å². The van der Waals surface area contributed by atoms with Gasteiger partial charge in [0.15, 0.2) is 5.13 Å². The predicted octanol–water partition coefficient (Wildman–Crippen LogP) is 2.56. The largest absolute Gasteiger partial charge is 0.302 e. The zero-order valence-corrected chi connectivity index (χ0v) is 10.6. The minimum Gasteiger partial charge on any atom is -0.302 e. The van der Waals surface area contributed by atoms with Crippen LogP contribution in [0, 0.1) is 11.3 Å². The van der Waals surface area contributed by atoms with E-state index < -0.39 is 0 Å². The van der Waals surface area contributed by atoms with Crippen LogP contribution in [0.4, 0.5) is 5.13 Å². The molecule has 5 heteroatoms. The zero-order valence-electron chi connectivity index (χ0n) is 9.80. The predicted molar refractivity (Wildman–Crippen MR) is 70.4 cm³/mol. The second-order valence-electron chi connectivity index (χ2n) is 3.80. The molecule has 0 fully saturated rings. The number of hydrogen-bond acceptors (Lipinski definition) is 4. The highest BCUT2D eigenvalue weighted by molar-refractivity contribution is 7.15. The first kappa shape index (κ1) is 12.3. The van der Waals surface area contributed by atoms with E-state index in [9.17, 15) is 4.79 Å². The van der Waals surface area contributed by atoms with Crippen LogP contribution in [0.5, 0.6) is 0 Å². The lowest BCUT2D eigenvalue weighted by atomic mass is 10.1. The monoisotopic (exact) mass is 257 g/mol. The molecule has 4 nitrogen and oxygen atoms in total. The van der Waals surface area contributed by atoms with Gasteiger partial charge in [0, 0.05) is 24.4 Å². The van der Waals surface area contributed by atoms with Gasteiger partial charge in [0.2, 0.25) is 5.91 Å². The molecule has 1 N–H and O–H groups in total. The van der Waals surface area contributed by atoms with Crippen LogP contribution in [0.2, 0.25) is 0 Å². The van der Waals surface area contributed by atoms with Crippen molar-refractivity contribution in [2.75, 3.05) is 5.32 Å². The van der Waals surface area contributed by atoms with Crippen LogP contribution in [-0.2, 0) is 11.2 Å². The molecule has 0 aliphatic carbocycles. The van der Waals surface area contributed by atoms with Gasteiger partial charge >= 0.3 is 0 Å². The first-order chi connectivity index (χ1) is 8.67. The lowest BCUT2D eigenvalue weighted by Crippen LogP contribution is -2.04. The third-order valence-electron chi connectivity index (χ3n) is 2.30. The van der Waals surface area contributed by atoms with Gasteiger partial charge in [-0.2, -0.15) is 5.26 Å². The van der Waals surface area contributed by atoms with Crippen molar-refractivity contribution in [3.63, 3.8) is 0 Å². The second kappa shape index (κ2) is 5.43. The summed E-state index contributed by atoms with van der Waals surface area (Å²) in [6.07, 6.45) is 2.51. The van der Waals surface area contributed by atoms with E-state index in [-0.39, 0.29) is 5.91 Å². The van der Waals surface area contributed by atoms with Crippen molar-refractivity contribution in [3.8, 4) is 6.07 Å².